The molecule has 1 aromatic carbocycles. The maximum absolute atomic E-state index is 13.0. The predicted octanol–water partition coefficient (Wildman–Crippen LogP) is 4.81. The van der Waals surface area contributed by atoms with Crippen molar-refractivity contribution < 1.29 is 14.0 Å². The molecule has 1 fully saturated rings. The van der Waals surface area contributed by atoms with Gasteiger partial charge in [0, 0.05) is 34.8 Å². The Kier molecular flexibility index (Phi) is 5.73. The molecule has 1 aliphatic rings. The summed E-state index contributed by atoms with van der Waals surface area (Å²) in [5.41, 5.74) is 1.34. The lowest BCUT2D eigenvalue weighted by molar-refractivity contribution is -0.121. The summed E-state index contributed by atoms with van der Waals surface area (Å²) in [6.45, 7) is 3.06. The van der Waals surface area contributed by atoms with Crippen molar-refractivity contribution in [3.8, 4) is 10.6 Å². The number of piperidine rings is 1. The van der Waals surface area contributed by atoms with Gasteiger partial charge in [-0.3, -0.25) is 9.59 Å². The number of hydrogen-bond donors (Lipinski definition) is 1. The molecule has 0 radical (unpaired) electrons. The Hall–Kier alpha value is -2.58. The Bertz CT molecular complexity index is 1020. The molecule has 2 aromatic heterocycles. The summed E-state index contributed by atoms with van der Waals surface area (Å²) in [5, 5.41) is 5.47. The van der Waals surface area contributed by atoms with Gasteiger partial charge in [-0.25, -0.2) is 9.37 Å². The van der Waals surface area contributed by atoms with Gasteiger partial charge < -0.3 is 10.2 Å². The van der Waals surface area contributed by atoms with Gasteiger partial charge in [-0.2, -0.15) is 0 Å². The van der Waals surface area contributed by atoms with Crippen molar-refractivity contribution in [2.75, 3.05) is 18.4 Å². The molecule has 0 spiro atoms. The van der Waals surface area contributed by atoms with E-state index in [-0.39, 0.29) is 23.5 Å². The molecule has 1 N–H and O–H groups in total. The molecular formula is C21H20FN3O2S2. The van der Waals surface area contributed by atoms with Crippen molar-refractivity contribution in [3.63, 3.8) is 0 Å². The van der Waals surface area contributed by atoms with Gasteiger partial charge >= 0.3 is 0 Å². The highest BCUT2D eigenvalue weighted by atomic mass is 32.1. The van der Waals surface area contributed by atoms with Crippen LogP contribution in [-0.2, 0) is 4.79 Å². The van der Waals surface area contributed by atoms with Crippen LogP contribution in [0, 0.1) is 18.7 Å². The van der Waals surface area contributed by atoms with E-state index >= 15 is 0 Å². The standard InChI is InChI=1S/C21H20FN3O2S2/c1-13-2-7-18(29-13)17-12-28-21(23-17)24-19(26)14-8-10-25(11-9-14)20(27)15-3-5-16(22)6-4-15/h2-7,12,14H,8-11H2,1H3,(H,23,24,26). The van der Waals surface area contributed by atoms with E-state index in [0.29, 0.717) is 36.6 Å². The molecule has 1 aliphatic heterocycles. The molecule has 3 heterocycles. The van der Waals surface area contributed by atoms with E-state index in [4.69, 9.17) is 0 Å². The van der Waals surface area contributed by atoms with Crippen molar-refractivity contribution in [2.45, 2.75) is 19.8 Å². The smallest absolute Gasteiger partial charge is 0.253 e. The van der Waals surface area contributed by atoms with Gasteiger partial charge in [0.05, 0.1) is 10.6 Å². The molecule has 2 amide bonds. The van der Waals surface area contributed by atoms with E-state index in [1.165, 1.54) is 40.5 Å². The Morgan fingerprint density at radius 3 is 2.52 bits per heavy atom. The highest BCUT2D eigenvalue weighted by Gasteiger charge is 2.28. The maximum Gasteiger partial charge on any atom is 0.253 e. The SMILES string of the molecule is Cc1ccc(-c2csc(NC(=O)C3CCN(C(=O)c4ccc(F)cc4)CC3)n2)s1. The molecule has 8 heteroatoms. The highest BCUT2D eigenvalue weighted by molar-refractivity contribution is 7.17. The van der Waals surface area contributed by atoms with Crippen molar-refractivity contribution in [1.29, 1.82) is 0 Å². The molecule has 3 aromatic rings. The van der Waals surface area contributed by atoms with Crippen LogP contribution in [0.4, 0.5) is 9.52 Å². The summed E-state index contributed by atoms with van der Waals surface area (Å²) in [4.78, 5) is 33.7. The second-order valence-electron chi connectivity index (χ2n) is 7.01. The topological polar surface area (TPSA) is 62.3 Å². The van der Waals surface area contributed by atoms with E-state index in [9.17, 15) is 14.0 Å². The molecule has 4 rings (SSSR count). The number of benzene rings is 1. The fraction of sp³-hybridized carbons (Fsp3) is 0.286. The quantitative estimate of drug-likeness (QED) is 0.647. The predicted molar refractivity (Wildman–Crippen MR) is 114 cm³/mol. The number of thiazole rings is 1. The Balaban J connectivity index is 1.32. The fourth-order valence-electron chi connectivity index (χ4n) is 3.34. The Morgan fingerprint density at radius 1 is 1.14 bits per heavy atom. The first-order valence-electron chi connectivity index (χ1n) is 9.37. The van der Waals surface area contributed by atoms with Crippen LogP contribution in [0.25, 0.3) is 10.6 Å². The number of aryl methyl sites for hydroxylation is 1. The van der Waals surface area contributed by atoms with Gasteiger partial charge in [0.2, 0.25) is 5.91 Å². The number of anilines is 1. The molecule has 5 nitrogen and oxygen atoms in total. The van der Waals surface area contributed by atoms with E-state index in [2.05, 4.69) is 23.3 Å². The van der Waals surface area contributed by atoms with Gasteiger partial charge in [-0.15, -0.1) is 22.7 Å². The largest absolute Gasteiger partial charge is 0.339 e. The van der Waals surface area contributed by atoms with E-state index in [0.717, 1.165) is 10.6 Å². The van der Waals surface area contributed by atoms with Crippen LogP contribution in [0.15, 0.2) is 41.8 Å². The Morgan fingerprint density at radius 2 is 1.86 bits per heavy atom. The molecule has 0 saturated carbocycles. The summed E-state index contributed by atoms with van der Waals surface area (Å²) >= 11 is 3.09. The van der Waals surface area contributed by atoms with Gasteiger partial charge in [0.15, 0.2) is 5.13 Å². The first-order valence-corrected chi connectivity index (χ1v) is 11.1. The molecule has 0 unspecified atom stereocenters. The highest BCUT2D eigenvalue weighted by Crippen LogP contribution is 2.31. The Labute approximate surface area is 176 Å². The maximum atomic E-state index is 13.0. The molecule has 29 heavy (non-hydrogen) atoms. The number of aromatic nitrogens is 1. The fourth-order valence-corrected chi connectivity index (χ4v) is 4.96. The third-order valence-corrected chi connectivity index (χ3v) is 6.75. The van der Waals surface area contributed by atoms with Crippen LogP contribution >= 0.6 is 22.7 Å². The van der Waals surface area contributed by atoms with Crippen LogP contribution in [-0.4, -0.2) is 34.8 Å². The second kappa shape index (κ2) is 8.42. The molecule has 1 saturated heterocycles. The number of carbonyl (C=O) groups is 2. The number of hydrogen-bond acceptors (Lipinski definition) is 5. The number of nitrogens with one attached hydrogen (secondary N) is 1. The monoisotopic (exact) mass is 429 g/mol. The van der Waals surface area contributed by atoms with Gasteiger partial charge in [-0.1, -0.05) is 0 Å². The van der Waals surface area contributed by atoms with Gasteiger partial charge in [0.1, 0.15) is 5.82 Å². The number of thiophene rings is 1. The minimum Gasteiger partial charge on any atom is -0.339 e. The van der Waals surface area contributed by atoms with E-state index in [1.807, 2.05) is 11.4 Å². The van der Waals surface area contributed by atoms with Crippen molar-refractivity contribution in [2.24, 2.45) is 5.92 Å². The zero-order valence-electron chi connectivity index (χ0n) is 15.9. The zero-order valence-corrected chi connectivity index (χ0v) is 17.5. The minimum atomic E-state index is -0.364. The van der Waals surface area contributed by atoms with Crippen LogP contribution in [0.3, 0.4) is 0 Å². The van der Waals surface area contributed by atoms with Crippen molar-refractivity contribution in [1.82, 2.24) is 9.88 Å². The third kappa shape index (κ3) is 4.54. The number of halogens is 1. The summed E-state index contributed by atoms with van der Waals surface area (Å²) < 4.78 is 13.0. The van der Waals surface area contributed by atoms with Crippen LogP contribution in [0.2, 0.25) is 0 Å². The molecule has 150 valence electrons. The number of amides is 2. The number of rotatable bonds is 4. The van der Waals surface area contributed by atoms with Crippen molar-refractivity contribution in [3.05, 3.63) is 58.0 Å². The van der Waals surface area contributed by atoms with Crippen molar-refractivity contribution >= 4 is 39.6 Å². The summed E-state index contributed by atoms with van der Waals surface area (Å²) in [6, 6.07) is 9.64. The second-order valence-corrected chi connectivity index (χ2v) is 9.16. The first kappa shape index (κ1) is 19.7. The van der Waals surface area contributed by atoms with E-state index < -0.39 is 0 Å². The average molecular weight is 430 g/mol. The first-order chi connectivity index (χ1) is 14.0. The van der Waals surface area contributed by atoms with Crippen LogP contribution in [0.1, 0.15) is 28.1 Å². The summed E-state index contributed by atoms with van der Waals surface area (Å²) in [5.74, 6) is -0.693. The zero-order chi connectivity index (χ0) is 20.4. The number of carbonyl (C=O) groups excluding carboxylic acids is 2. The normalized spacial score (nSPS) is 14.8. The molecule has 0 atom stereocenters. The molecular weight excluding hydrogens is 409 g/mol. The summed E-state index contributed by atoms with van der Waals surface area (Å²) in [7, 11) is 0. The number of likely N-dealkylation sites (tertiary alicyclic amines) is 1. The summed E-state index contributed by atoms with van der Waals surface area (Å²) in [6.07, 6.45) is 1.20. The van der Waals surface area contributed by atoms with Gasteiger partial charge in [0.25, 0.3) is 5.91 Å². The van der Waals surface area contributed by atoms with Crippen LogP contribution < -0.4 is 5.32 Å². The van der Waals surface area contributed by atoms with E-state index in [1.54, 1.807) is 16.2 Å². The average Bonchev–Trinajstić information content (AvgIpc) is 3.37. The minimum absolute atomic E-state index is 0.0536. The molecule has 0 aliphatic carbocycles. The lowest BCUT2D eigenvalue weighted by atomic mass is 9.95. The third-order valence-electron chi connectivity index (χ3n) is 4.97. The lowest BCUT2D eigenvalue weighted by Crippen LogP contribution is -2.41. The molecule has 0 bridgehead atoms. The lowest BCUT2D eigenvalue weighted by Gasteiger charge is -2.31. The van der Waals surface area contributed by atoms with Crippen LogP contribution in [0.5, 0.6) is 0 Å². The number of nitrogens with zero attached hydrogens (tertiary/aromatic N) is 2. The van der Waals surface area contributed by atoms with Gasteiger partial charge in [-0.05, 0) is 56.2 Å².